The Morgan fingerprint density at radius 1 is 1.29 bits per heavy atom. The lowest BCUT2D eigenvalue weighted by Gasteiger charge is -2.12. The zero-order chi connectivity index (χ0) is 11.8. The van der Waals surface area contributed by atoms with E-state index in [0.29, 0.717) is 6.54 Å². The van der Waals surface area contributed by atoms with Crippen LogP contribution >= 0.6 is 24.0 Å². The zero-order valence-electron chi connectivity index (χ0n) is 10.5. The number of nitrogens with zero attached hydrogens (tertiary/aromatic N) is 1. The van der Waals surface area contributed by atoms with Gasteiger partial charge in [-0.1, -0.05) is 18.2 Å². The Hall–Kier alpha value is -0.980. The first-order valence-electron chi connectivity index (χ1n) is 5.38. The number of aliphatic imine (C=N–C) groups is 1. The summed E-state index contributed by atoms with van der Waals surface area (Å²) in [5.74, 6) is 1.69. The van der Waals surface area contributed by atoms with Gasteiger partial charge in [-0.3, -0.25) is 4.99 Å². The van der Waals surface area contributed by atoms with E-state index < -0.39 is 0 Å². The maximum atomic E-state index is 5.27. The largest absolute Gasteiger partial charge is 0.496 e. The Labute approximate surface area is 120 Å². The normalized spacial score (nSPS) is 10.4. The maximum absolute atomic E-state index is 5.27. The molecular weight excluding hydrogens is 329 g/mol. The average Bonchev–Trinajstić information content (AvgIpc) is 2.34. The van der Waals surface area contributed by atoms with Crippen molar-refractivity contribution in [1.29, 1.82) is 0 Å². The van der Waals surface area contributed by atoms with Crippen LogP contribution in [0, 0.1) is 0 Å². The van der Waals surface area contributed by atoms with E-state index in [0.717, 1.165) is 23.8 Å². The molecule has 0 aliphatic rings. The predicted molar refractivity (Wildman–Crippen MR) is 82.3 cm³/mol. The van der Waals surface area contributed by atoms with Crippen LogP contribution in [0.5, 0.6) is 5.75 Å². The lowest BCUT2D eigenvalue weighted by Crippen LogP contribution is -2.36. The van der Waals surface area contributed by atoms with Gasteiger partial charge >= 0.3 is 0 Å². The molecule has 0 unspecified atom stereocenters. The monoisotopic (exact) mass is 349 g/mol. The molecule has 4 nitrogen and oxygen atoms in total. The van der Waals surface area contributed by atoms with E-state index in [9.17, 15) is 0 Å². The summed E-state index contributed by atoms with van der Waals surface area (Å²) in [5.41, 5.74) is 1.11. The van der Waals surface area contributed by atoms with Crippen molar-refractivity contribution >= 4 is 29.9 Å². The SMILES string of the molecule is CCNC(=NC)NCc1ccccc1OC.I. The first-order chi connectivity index (χ1) is 7.81. The number of methoxy groups -OCH3 is 1. The number of guanidine groups is 1. The van der Waals surface area contributed by atoms with Gasteiger partial charge in [-0.25, -0.2) is 0 Å². The van der Waals surface area contributed by atoms with E-state index in [1.165, 1.54) is 0 Å². The van der Waals surface area contributed by atoms with Crippen molar-refractivity contribution in [2.45, 2.75) is 13.5 Å². The third-order valence-electron chi connectivity index (χ3n) is 2.21. The molecule has 0 aromatic heterocycles. The standard InChI is InChI=1S/C12H19N3O.HI/c1-4-14-12(13-2)15-9-10-7-5-6-8-11(10)16-3;/h5-8H,4,9H2,1-3H3,(H2,13,14,15);1H. The third kappa shape index (κ3) is 5.25. The van der Waals surface area contributed by atoms with Crippen molar-refractivity contribution in [3.63, 3.8) is 0 Å². The number of nitrogens with one attached hydrogen (secondary N) is 2. The Bertz CT molecular complexity index is 355. The Morgan fingerprint density at radius 3 is 2.59 bits per heavy atom. The van der Waals surface area contributed by atoms with Crippen LogP contribution < -0.4 is 15.4 Å². The smallest absolute Gasteiger partial charge is 0.191 e. The molecule has 0 amide bonds. The van der Waals surface area contributed by atoms with E-state index >= 15 is 0 Å². The van der Waals surface area contributed by atoms with Crippen LogP contribution in [0.1, 0.15) is 12.5 Å². The third-order valence-corrected chi connectivity index (χ3v) is 2.21. The summed E-state index contributed by atoms with van der Waals surface area (Å²) in [6, 6.07) is 7.94. The molecule has 2 N–H and O–H groups in total. The average molecular weight is 349 g/mol. The molecule has 0 fully saturated rings. The Kier molecular flexibility index (Phi) is 8.57. The molecule has 0 aliphatic carbocycles. The summed E-state index contributed by atoms with van der Waals surface area (Å²) in [6.45, 7) is 3.59. The lowest BCUT2D eigenvalue weighted by molar-refractivity contribution is 0.409. The van der Waals surface area contributed by atoms with Crippen LogP contribution in [0.15, 0.2) is 29.3 Å². The fraction of sp³-hybridized carbons (Fsp3) is 0.417. The van der Waals surface area contributed by atoms with Gasteiger partial charge in [-0.05, 0) is 13.0 Å². The fourth-order valence-electron chi connectivity index (χ4n) is 1.42. The van der Waals surface area contributed by atoms with Crippen LogP contribution in [-0.2, 0) is 6.54 Å². The number of hydrogen-bond donors (Lipinski definition) is 2. The molecule has 1 aromatic carbocycles. The Morgan fingerprint density at radius 2 is 2.00 bits per heavy atom. The molecule has 96 valence electrons. The molecule has 0 heterocycles. The summed E-state index contributed by atoms with van der Waals surface area (Å²) in [5, 5.41) is 6.36. The molecular formula is C12H20IN3O. The maximum Gasteiger partial charge on any atom is 0.191 e. The van der Waals surface area contributed by atoms with Crippen molar-refractivity contribution in [2.24, 2.45) is 4.99 Å². The number of rotatable bonds is 4. The highest BCUT2D eigenvalue weighted by Crippen LogP contribution is 2.16. The highest BCUT2D eigenvalue weighted by molar-refractivity contribution is 14.0. The number of ether oxygens (including phenoxy) is 1. The van der Waals surface area contributed by atoms with Gasteiger partial charge in [0.2, 0.25) is 0 Å². The van der Waals surface area contributed by atoms with E-state index in [2.05, 4.69) is 15.6 Å². The van der Waals surface area contributed by atoms with E-state index in [1.807, 2.05) is 31.2 Å². The van der Waals surface area contributed by atoms with Crippen molar-refractivity contribution < 1.29 is 4.74 Å². The highest BCUT2D eigenvalue weighted by atomic mass is 127. The molecule has 0 saturated carbocycles. The van der Waals surface area contributed by atoms with Crippen molar-refractivity contribution in [2.75, 3.05) is 20.7 Å². The minimum absolute atomic E-state index is 0. The minimum atomic E-state index is 0. The number of halogens is 1. The van der Waals surface area contributed by atoms with E-state index in [1.54, 1.807) is 14.2 Å². The molecule has 0 saturated heterocycles. The van der Waals surface area contributed by atoms with Gasteiger partial charge < -0.3 is 15.4 Å². The van der Waals surface area contributed by atoms with Crippen molar-refractivity contribution in [3.05, 3.63) is 29.8 Å². The molecule has 1 aromatic rings. The first kappa shape index (κ1) is 16.0. The molecule has 1 rings (SSSR count). The summed E-state index contributed by atoms with van der Waals surface area (Å²) in [7, 11) is 3.44. The number of hydrogen-bond acceptors (Lipinski definition) is 2. The number of benzene rings is 1. The van der Waals surface area contributed by atoms with E-state index in [4.69, 9.17) is 4.74 Å². The van der Waals surface area contributed by atoms with Crippen LogP contribution in [-0.4, -0.2) is 26.7 Å². The van der Waals surface area contributed by atoms with Gasteiger partial charge in [0.1, 0.15) is 5.75 Å². The lowest BCUT2D eigenvalue weighted by atomic mass is 10.2. The first-order valence-corrected chi connectivity index (χ1v) is 5.38. The second-order valence-electron chi connectivity index (χ2n) is 3.27. The molecule has 0 aliphatic heterocycles. The van der Waals surface area contributed by atoms with Crippen LogP contribution in [0.25, 0.3) is 0 Å². The predicted octanol–water partition coefficient (Wildman–Crippen LogP) is 2.00. The van der Waals surface area contributed by atoms with Crippen LogP contribution in [0.2, 0.25) is 0 Å². The van der Waals surface area contributed by atoms with Gasteiger partial charge in [0, 0.05) is 25.7 Å². The van der Waals surface area contributed by atoms with Crippen LogP contribution in [0.3, 0.4) is 0 Å². The molecule has 5 heteroatoms. The van der Waals surface area contributed by atoms with Gasteiger partial charge in [-0.2, -0.15) is 0 Å². The molecule has 0 radical (unpaired) electrons. The van der Waals surface area contributed by atoms with Crippen molar-refractivity contribution in [3.8, 4) is 5.75 Å². The van der Waals surface area contributed by atoms with Gasteiger partial charge in [-0.15, -0.1) is 24.0 Å². The summed E-state index contributed by atoms with van der Waals surface area (Å²) >= 11 is 0. The molecule has 0 bridgehead atoms. The second-order valence-corrected chi connectivity index (χ2v) is 3.27. The van der Waals surface area contributed by atoms with Gasteiger partial charge in [0.25, 0.3) is 0 Å². The summed E-state index contributed by atoms with van der Waals surface area (Å²) < 4.78 is 5.27. The zero-order valence-corrected chi connectivity index (χ0v) is 12.8. The fourth-order valence-corrected chi connectivity index (χ4v) is 1.42. The topological polar surface area (TPSA) is 45.7 Å². The second kappa shape index (κ2) is 9.09. The highest BCUT2D eigenvalue weighted by Gasteiger charge is 2.02. The summed E-state index contributed by atoms with van der Waals surface area (Å²) in [6.07, 6.45) is 0. The molecule has 0 atom stereocenters. The van der Waals surface area contributed by atoms with Gasteiger partial charge in [0.15, 0.2) is 5.96 Å². The number of para-hydroxylation sites is 1. The summed E-state index contributed by atoms with van der Waals surface area (Å²) in [4.78, 5) is 4.10. The molecule has 17 heavy (non-hydrogen) atoms. The quantitative estimate of drug-likeness (QED) is 0.497. The van der Waals surface area contributed by atoms with Gasteiger partial charge in [0.05, 0.1) is 7.11 Å². The Balaban J connectivity index is 0.00000256. The minimum Gasteiger partial charge on any atom is -0.496 e. The van der Waals surface area contributed by atoms with Crippen LogP contribution in [0.4, 0.5) is 0 Å². The van der Waals surface area contributed by atoms with Crippen molar-refractivity contribution in [1.82, 2.24) is 10.6 Å². The van der Waals surface area contributed by atoms with E-state index in [-0.39, 0.29) is 24.0 Å². The molecule has 0 spiro atoms.